The molecule has 1 aromatic carbocycles. The van der Waals surface area contributed by atoms with Gasteiger partial charge in [-0.15, -0.1) is 0 Å². The number of hydrogen-bond acceptors (Lipinski definition) is 5. The molecule has 0 aromatic heterocycles. The van der Waals surface area contributed by atoms with Crippen molar-refractivity contribution >= 4 is 11.9 Å². The number of benzene rings is 1. The molecule has 24 heavy (non-hydrogen) atoms. The summed E-state index contributed by atoms with van der Waals surface area (Å²) in [5.41, 5.74) is 0.957. The van der Waals surface area contributed by atoms with Crippen molar-refractivity contribution in [3.63, 3.8) is 0 Å². The van der Waals surface area contributed by atoms with Gasteiger partial charge in [0.1, 0.15) is 12.6 Å². The Hall–Kier alpha value is -1.88. The number of esters is 2. The molecule has 0 aliphatic heterocycles. The Labute approximate surface area is 143 Å². The van der Waals surface area contributed by atoms with Gasteiger partial charge in [0.15, 0.2) is 0 Å². The van der Waals surface area contributed by atoms with Crippen LogP contribution in [-0.4, -0.2) is 31.1 Å². The van der Waals surface area contributed by atoms with Crippen molar-refractivity contribution in [2.24, 2.45) is 5.92 Å². The molecule has 0 bridgehead atoms. The van der Waals surface area contributed by atoms with Gasteiger partial charge >= 0.3 is 11.9 Å². The predicted octanol–water partition coefficient (Wildman–Crippen LogP) is 2.83. The van der Waals surface area contributed by atoms with Crippen LogP contribution in [0.2, 0.25) is 0 Å². The maximum absolute atomic E-state index is 12.5. The fourth-order valence-corrected chi connectivity index (χ4v) is 3.13. The van der Waals surface area contributed by atoms with Crippen molar-refractivity contribution in [1.29, 1.82) is 0 Å². The second kappa shape index (κ2) is 10.1. The average Bonchev–Trinajstić information content (AvgIpc) is 2.62. The Balaban J connectivity index is 1.92. The Kier molecular flexibility index (Phi) is 7.75. The highest BCUT2D eigenvalue weighted by atomic mass is 16.5. The average molecular weight is 333 g/mol. The van der Waals surface area contributed by atoms with Gasteiger partial charge < -0.3 is 9.47 Å². The lowest BCUT2D eigenvalue weighted by Crippen LogP contribution is -2.46. The van der Waals surface area contributed by atoms with E-state index in [0.717, 1.165) is 31.2 Å². The largest absolute Gasteiger partial charge is 0.465 e. The summed E-state index contributed by atoms with van der Waals surface area (Å²) in [6, 6.07) is 9.17. The minimum absolute atomic E-state index is 0.0371. The van der Waals surface area contributed by atoms with Gasteiger partial charge in [-0.05, 0) is 31.2 Å². The van der Waals surface area contributed by atoms with Crippen LogP contribution in [0.3, 0.4) is 0 Å². The van der Waals surface area contributed by atoms with Crippen LogP contribution in [-0.2, 0) is 25.7 Å². The molecular weight excluding hydrogens is 306 g/mol. The van der Waals surface area contributed by atoms with Crippen LogP contribution in [0.4, 0.5) is 0 Å². The molecule has 0 radical (unpaired) electrons. The van der Waals surface area contributed by atoms with E-state index in [1.54, 1.807) is 6.92 Å². The first kappa shape index (κ1) is 18.5. The molecule has 1 aliphatic rings. The van der Waals surface area contributed by atoms with E-state index >= 15 is 0 Å². The maximum Gasteiger partial charge on any atom is 0.323 e. The first-order chi connectivity index (χ1) is 11.7. The van der Waals surface area contributed by atoms with E-state index in [0.29, 0.717) is 6.61 Å². The van der Waals surface area contributed by atoms with E-state index in [1.165, 1.54) is 6.42 Å². The third-order valence-corrected chi connectivity index (χ3v) is 4.37. The van der Waals surface area contributed by atoms with Crippen LogP contribution in [0.5, 0.6) is 0 Å². The third-order valence-electron chi connectivity index (χ3n) is 4.37. The highest BCUT2D eigenvalue weighted by Gasteiger charge is 2.31. The number of hydrogen-bond donors (Lipinski definition) is 1. The molecule has 0 saturated heterocycles. The van der Waals surface area contributed by atoms with Crippen LogP contribution < -0.4 is 5.32 Å². The van der Waals surface area contributed by atoms with Gasteiger partial charge in [0.2, 0.25) is 0 Å². The number of carbonyl (C=O) groups excluding carboxylic acids is 2. The highest BCUT2D eigenvalue weighted by Crippen LogP contribution is 2.27. The molecule has 0 spiro atoms. The van der Waals surface area contributed by atoms with E-state index < -0.39 is 6.04 Å². The van der Waals surface area contributed by atoms with Gasteiger partial charge in [-0.3, -0.25) is 14.9 Å². The first-order valence-electron chi connectivity index (χ1n) is 8.80. The summed E-state index contributed by atoms with van der Waals surface area (Å²) in [7, 11) is 0. The zero-order valence-corrected chi connectivity index (χ0v) is 14.3. The second-order valence-corrected chi connectivity index (χ2v) is 6.15. The Morgan fingerprint density at radius 2 is 1.83 bits per heavy atom. The number of rotatable bonds is 8. The molecule has 2 rings (SSSR count). The molecule has 1 aliphatic carbocycles. The summed E-state index contributed by atoms with van der Waals surface area (Å²) in [5, 5.41) is 3.06. The second-order valence-electron chi connectivity index (χ2n) is 6.15. The molecule has 0 unspecified atom stereocenters. The van der Waals surface area contributed by atoms with Crippen LogP contribution in [0.15, 0.2) is 30.3 Å². The maximum atomic E-state index is 12.5. The Morgan fingerprint density at radius 3 is 2.50 bits per heavy atom. The van der Waals surface area contributed by atoms with Crippen LogP contribution in [0.25, 0.3) is 0 Å². The summed E-state index contributed by atoms with van der Waals surface area (Å²) in [6.45, 7) is 2.40. The Morgan fingerprint density at radius 1 is 1.12 bits per heavy atom. The predicted molar refractivity (Wildman–Crippen MR) is 91.2 cm³/mol. The van der Waals surface area contributed by atoms with Gasteiger partial charge in [0.05, 0.1) is 13.2 Å². The number of ether oxygens (including phenoxy) is 2. The van der Waals surface area contributed by atoms with E-state index in [1.807, 2.05) is 30.3 Å². The van der Waals surface area contributed by atoms with Crippen LogP contribution in [0.1, 0.15) is 44.6 Å². The molecule has 1 fully saturated rings. The summed E-state index contributed by atoms with van der Waals surface area (Å²) in [6.07, 6.45) is 5.42. The van der Waals surface area contributed by atoms with Crippen LogP contribution in [0, 0.1) is 5.92 Å². The van der Waals surface area contributed by atoms with Gasteiger partial charge in [-0.2, -0.15) is 0 Å². The van der Waals surface area contributed by atoms with Crippen molar-refractivity contribution < 1.29 is 19.1 Å². The topological polar surface area (TPSA) is 64.6 Å². The zero-order chi connectivity index (χ0) is 17.2. The van der Waals surface area contributed by atoms with Crippen LogP contribution >= 0.6 is 0 Å². The van der Waals surface area contributed by atoms with E-state index in [-0.39, 0.29) is 31.0 Å². The fraction of sp³-hybridized carbons (Fsp3) is 0.579. The minimum Gasteiger partial charge on any atom is -0.465 e. The lowest BCUT2D eigenvalue weighted by Gasteiger charge is -2.29. The molecule has 1 atom stereocenters. The summed E-state index contributed by atoms with van der Waals surface area (Å²) >= 11 is 0. The van der Waals surface area contributed by atoms with Gasteiger partial charge in [0.25, 0.3) is 0 Å². The lowest BCUT2D eigenvalue weighted by atomic mass is 9.84. The van der Waals surface area contributed by atoms with Crippen molar-refractivity contribution in [2.75, 3.05) is 13.2 Å². The standard InChI is InChI=1S/C19H27NO4/c1-2-23-17(21)13-20-18(16-11-7-4-8-12-16)19(22)24-14-15-9-5-3-6-10-15/h3,5-6,9-10,16,18,20H,2,4,7-8,11-14H2,1H3/t18-/m0/s1. The monoisotopic (exact) mass is 333 g/mol. The summed E-state index contributed by atoms with van der Waals surface area (Å²) in [4.78, 5) is 24.1. The first-order valence-corrected chi connectivity index (χ1v) is 8.80. The number of carbonyl (C=O) groups is 2. The molecular formula is C19H27NO4. The molecule has 1 saturated carbocycles. The van der Waals surface area contributed by atoms with Crippen molar-refractivity contribution in [1.82, 2.24) is 5.32 Å². The van der Waals surface area contributed by atoms with Gasteiger partial charge in [0, 0.05) is 0 Å². The van der Waals surface area contributed by atoms with E-state index in [2.05, 4.69) is 5.32 Å². The molecule has 5 nitrogen and oxygen atoms in total. The summed E-state index contributed by atoms with van der Waals surface area (Å²) < 4.78 is 10.4. The normalized spacial score (nSPS) is 16.4. The molecule has 0 heterocycles. The summed E-state index contributed by atoms with van der Waals surface area (Å²) in [5.74, 6) is -0.402. The lowest BCUT2D eigenvalue weighted by molar-refractivity contribution is -0.150. The zero-order valence-electron chi connectivity index (χ0n) is 14.3. The Bertz CT molecular complexity index is 511. The van der Waals surface area contributed by atoms with Crippen molar-refractivity contribution in [3.8, 4) is 0 Å². The van der Waals surface area contributed by atoms with Crippen molar-refractivity contribution in [2.45, 2.75) is 51.7 Å². The minimum atomic E-state index is -0.446. The molecule has 1 N–H and O–H groups in total. The van der Waals surface area contributed by atoms with Gasteiger partial charge in [-0.1, -0.05) is 49.6 Å². The SMILES string of the molecule is CCOC(=O)CN[C@H](C(=O)OCc1ccccc1)C1CCCCC1. The highest BCUT2D eigenvalue weighted by molar-refractivity contribution is 5.78. The van der Waals surface area contributed by atoms with Crippen molar-refractivity contribution in [3.05, 3.63) is 35.9 Å². The molecule has 0 amide bonds. The fourth-order valence-electron chi connectivity index (χ4n) is 3.13. The van der Waals surface area contributed by atoms with Gasteiger partial charge in [-0.25, -0.2) is 0 Å². The quantitative estimate of drug-likeness (QED) is 0.741. The smallest absolute Gasteiger partial charge is 0.323 e. The number of nitrogens with one attached hydrogen (secondary N) is 1. The van der Waals surface area contributed by atoms with E-state index in [4.69, 9.17) is 9.47 Å². The third kappa shape index (κ3) is 5.96. The van der Waals surface area contributed by atoms with E-state index in [9.17, 15) is 9.59 Å². The molecule has 1 aromatic rings. The molecule has 132 valence electrons. The molecule has 5 heteroatoms.